The number of fused-ring (bicyclic) bond motifs is 1. The Morgan fingerprint density at radius 3 is 2.71 bits per heavy atom. The number of hydrogen-bond donors (Lipinski definition) is 0. The summed E-state index contributed by atoms with van der Waals surface area (Å²) >= 11 is 0. The van der Waals surface area contributed by atoms with Gasteiger partial charge in [-0.25, -0.2) is 8.42 Å². The molecule has 0 fully saturated rings. The molecule has 1 aromatic heterocycles. The number of hydrogen-bond acceptors (Lipinski definition) is 4. The van der Waals surface area contributed by atoms with Crippen LogP contribution in [-0.2, 0) is 16.4 Å². The molecule has 0 saturated carbocycles. The monoisotopic (exact) mass is 348 g/mol. The largest absolute Gasteiger partial charge is 0.467 e. The lowest BCUT2D eigenvalue weighted by molar-refractivity contribution is 0.0726. The highest BCUT2D eigenvalue weighted by Gasteiger charge is 2.28. The molecule has 0 radical (unpaired) electrons. The number of rotatable bonds is 4. The van der Waals surface area contributed by atoms with Crippen LogP contribution < -0.4 is 4.31 Å². The average molecular weight is 348 g/mol. The Kier molecular flexibility index (Phi) is 4.13. The van der Waals surface area contributed by atoms with E-state index in [0.29, 0.717) is 24.2 Å². The van der Waals surface area contributed by atoms with Crippen LogP contribution >= 0.6 is 0 Å². The summed E-state index contributed by atoms with van der Waals surface area (Å²) in [6.07, 6.45) is 3.39. The van der Waals surface area contributed by atoms with Crippen LogP contribution in [0.5, 0.6) is 0 Å². The van der Waals surface area contributed by atoms with Gasteiger partial charge in [-0.3, -0.25) is 9.10 Å². The number of nitrogens with zero attached hydrogens (tertiary/aromatic N) is 2. The molecule has 128 valence electrons. The molecule has 6 nitrogen and oxygen atoms in total. The lowest BCUT2D eigenvalue weighted by Crippen LogP contribution is -2.29. The van der Waals surface area contributed by atoms with Crippen LogP contribution in [0.3, 0.4) is 0 Å². The van der Waals surface area contributed by atoms with E-state index in [4.69, 9.17) is 4.42 Å². The molecule has 1 amide bonds. The van der Waals surface area contributed by atoms with E-state index in [1.54, 1.807) is 42.5 Å². The topological polar surface area (TPSA) is 70.8 Å². The molecule has 24 heavy (non-hydrogen) atoms. The van der Waals surface area contributed by atoms with Crippen molar-refractivity contribution in [2.75, 3.05) is 24.2 Å². The highest BCUT2D eigenvalue weighted by molar-refractivity contribution is 7.92. The summed E-state index contributed by atoms with van der Waals surface area (Å²) in [4.78, 5) is 14.3. The van der Waals surface area contributed by atoms with Gasteiger partial charge < -0.3 is 9.32 Å². The molecule has 0 bridgehead atoms. The van der Waals surface area contributed by atoms with Gasteiger partial charge in [-0.2, -0.15) is 0 Å². The number of furan rings is 1. The summed E-state index contributed by atoms with van der Waals surface area (Å²) in [5, 5.41) is 0. The number of amides is 1. The van der Waals surface area contributed by atoms with E-state index in [-0.39, 0.29) is 11.9 Å². The molecule has 0 N–H and O–H groups in total. The molecule has 0 saturated heterocycles. The summed E-state index contributed by atoms with van der Waals surface area (Å²) in [6.45, 7) is 2.32. The Morgan fingerprint density at radius 2 is 2.08 bits per heavy atom. The fraction of sp³-hybridized carbons (Fsp3) is 0.353. The summed E-state index contributed by atoms with van der Waals surface area (Å²) < 4.78 is 30.3. The molecule has 2 heterocycles. The van der Waals surface area contributed by atoms with Crippen LogP contribution in [0.4, 0.5) is 5.69 Å². The maximum atomic E-state index is 12.7. The maximum absolute atomic E-state index is 12.7. The van der Waals surface area contributed by atoms with Crippen LogP contribution in [-0.4, -0.2) is 39.1 Å². The van der Waals surface area contributed by atoms with E-state index in [1.807, 2.05) is 13.0 Å². The van der Waals surface area contributed by atoms with Gasteiger partial charge in [-0.15, -0.1) is 0 Å². The Hall–Kier alpha value is -2.28. The smallest absolute Gasteiger partial charge is 0.254 e. The van der Waals surface area contributed by atoms with E-state index in [1.165, 1.54) is 10.6 Å². The molecule has 3 rings (SSSR count). The Labute approximate surface area is 141 Å². The second-order valence-electron chi connectivity index (χ2n) is 6.04. The van der Waals surface area contributed by atoms with Crippen molar-refractivity contribution in [2.45, 2.75) is 19.4 Å². The SMILES string of the molecule is CC(c1ccco1)N(C)C(=O)c1ccc2c(c1)CCN2S(C)(=O)=O. The molecule has 1 aliphatic rings. The van der Waals surface area contributed by atoms with Gasteiger partial charge in [0.15, 0.2) is 0 Å². The third-order valence-corrected chi connectivity index (χ3v) is 5.62. The fourth-order valence-corrected chi connectivity index (χ4v) is 3.91. The maximum Gasteiger partial charge on any atom is 0.254 e. The Morgan fingerprint density at radius 1 is 1.33 bits per heavy atom. The van der Waals surface area contributed by atoms with E-state index in [2.05, 4.69) is 0 Å². The minimum atomic E-state index is -3.28. The van der Waals surface area contributed by atoms with E-state index in [0.717, 1.165) is 11.3 Å². The van der Waals surface area contributed by atoms with Crippen LogP contribution in [0, 0.1) is 0 Å². The molecule has 0 aliphatic carbocycles. The van der Waals surface area contributed by atoms with Crippen molar-refractivity contribution in [1.82, 2.24) is 4.90 Å². The van der Waals surface area contributed by atoms with Gasteiger partial charge in [0.25, 0.3) is 5.91 Å². The molecule has 1 unspecified atom stereocenters. The van der Waals surface area contributed by atoms with Gasteiger partial charge in [0.05, 0.1) is 24.2 Å². The zero-order valence-corrected chi connectivity index (χ0v) is 14.7. The van der Waals surface area contributed by atoms with Gasteiger partial charge in [0.2, 0.25) is 10.0 Å². The number of anilines is 1. The number of sulfonamides is 1. The van der Waals surface area contributed by atoms with Crippen molar-refractivity contribution in [2.24, 2.45) is 0 Å². The summed E-state index contributed by atoms with van der Waals surface area (Å²) in [7, 11) is -1.56. The highest BCUT2D eigenvalue weighted by atomic mass is 32.2. The first-order chi connectivity index (χ1) is 11.3. The van der Waals surface area contributed by atoms with Crippen LogP contribution in [0.2, 0.25) is 0 Å². The van der Waals surface area contributed by atoms with Crippen molar-refractivity contribution in [3.8, 4) is 0 Å². The molecule has 2 aromatic rings. The molecular formula is C17H20N2O4S. The third kappa shape index (κ3) is 2.91. The Bertz CT molecular complexity index is 859. The lowest BCUT2D eigenvalue weighted by Gasteiger charge is -2.24. The second-order valence-corrected chi connectivity index (χ2v) is 7.94. The number of carbonyl (C=O) groups is 1. The molecule has 1 aliphatic heterocycles. The average Bonchev–Trinajstić information content (AvgIpc) is 3.20. The summed E-state index contributed by atoms with van der Waals surface area (Å²) in [5.41, 5.74) is 2.09. The third-order valence-electron chi connectivity index (χ3n) is 4.44. The molecule has 1 atom stereocenters. The Balaban J connectivity index is 1.85. The van der Waals surface area contributed by atoms with E-state index in [9.17, 15) is 13.2 Å². The zero-order chi connectivity index (χ0) is 17.5. The van der Waals surface area contributed by atoms with Crippen molar-refractivity contribution in [3.05, 3.63) is 53.5 Å². The van der Waals surface area contributed by atoms with Gasteiger partial charge in [0, 0.05) is 19.2 Å². The van der Waals surface area contributed by atoms with E-state index >= 15 is 0 Å². The van der Waals surface area contributed by atoms with E-state index < -0.39 is 10.0 Å². The van der Waals surface area contributed by atoms with Gasteiger partial charge in [-0.1, -0.05) is 0 Å². The predicted octanol–water partition coefficient (Wildman–Crippen LogP) is 2.43. The van der Waals surface area contributed by atoms with Crippen molar-refractivity contribution < 1.29 is 17.6 Å². The molecule has 0 spiro atoms. The molecule has 1 aromatic carbocycles. The summed E-state index contributed by atoms with van der Waals surface area (Å²) in [6, 6.07) is 8.61. The van der Waals surface area contributed by atoms with Crippen molar-refractivity contribution >= 4 is 21.6 Å². The van der Waals surface area contributed by atoms with Crippen molar-refractivity contribution in [3.63, 3.8) is 0 Å². The van der Waals surface area contributed by atoms with Gasteiger partial charge >= 0.3 is 0 Å². The quantitative estimate of drug-likeness (QED) is 0.851. The predicted molar refractivity (Wildman–Crippen MR) is 91.6 cm³/mol. The van der Waals surface area contributed by atoms with Crippen LogP contribution in [0.1, 0.15) is 34.6 Å². The summed E-state index contributed by atoms with van der Waals surface area (Å²) in [5.74, 6) is 0.592. The van der Waals surface area contributed by atoms with Gasteiger partial charge in [0.1, 0.15) is 5.76 Å². The second kappa shape index (κ2) is 5.98. The number of benzene rings is 1. The first-order valence-electron chi connectivity index (χ1n) is 7.70. The normalized spacial score (nSPS) is 15.2. The van der Waals surface area contributed by atoms with Crippen molar-refractivity contribution in [1.29, 1.82) is 0 Å². The van der Waals surface area contributed by atoms with Crippen LogP contribution in [0.15, 0.2) is 41.0 Å². The minimum Gasteiger partial charge on any atom is -0.467 e. The fourth-order valence-electron chi connectivity index (χ4n) is 2.95. The standard InChI is InChI=1S/C17H20N2O4S/c1-12(16-5-4-10-23-16)18(2)17(20)14-6-7-15-13(11-14)8-9-19(15)24(3,21)22/h4-7,10-12H,8-9H2,1-3H3. The van der Waals surface area contributed by atoms with Gasteiger partial charge in [-0.05, 0) is 49.2 Å². The minimum absolute atomic E-state index is 0.125. The first-order valence-corrected chi connectivity index (χ1v) is 9.55. The van der Waals surface area contributed by atoms with Crippen LogP contribution in [0.25, 0.3) is 0 Å². The zero-order valence-electron chi connectivity index (χ0n) is 13.9. The molecular weight excluding hydrogens is 328 g/mol. The lowest BCUT2D eigenvalue weighted by atomic mass is 10.1. The highest BCUT2D eigenvalue weighted by Crippen LogP contribution is 2.31. The first kappa shape index (κ1) is 16.6. The molecule has 7 heteroatoms. The number of carbonyl (C=O) groups excluding carboxylic acids is 1.